The Hall–Kier alpha value is -1.18. The van der Waals surface area contributed by atoms with Gasteiger partial charge in [0.15, 0.2) is 9.84 Å². The molecular weight excluding hydrogens is 394 g/mol. The fourth-order valence-corrected chi connectivity index (χ4v) is 5.11. The highest BCUT2D eigenvalue weighted by molar-refractivity contribution is 9.10. The van der Waals surface area contributed by atoms with Crippen molar-refractivity contribution in [1.29, 1.82) is 0 Å². The Balaban J connectivity index is 1.75. The molecule has 0 aromatic heterocycles. The van der Waals surface area contributed by atoms with Gasteiger partial charge in [-0.25, -0.2) is 8.42 Å². The minimum Gasteiger partial charge on any atom is -0.381 e. The molecule has 0 aliphatic carbocycles. The van der Waals surface area contributed by atoms with E-state index in [4.69, 9.17) is 4.74 Å². The monoisotopic (exact) mass is 413 g/mol. The largest absolute Gasteiger partial charge is 0.381 e. The average Bonchev–Trinajstić information content (AvgIpc) is 2.86. The molecule has 1 aromatic rings. The summed E-state index contributed by atoms with van der Waals surface area (Å²) in [6.07, 6.45) is 3.21. The Morgan fingerprint density at radius 1 is 1.33 bits per heavy atom. The summed E-state index contributed by atoms with van der Waals surface area (Å²) >= 11 is 3.48. The predicted octanol–water partition coefficient (Wildman–Crippen LogP) is 2.52. The molecule has 2 aliphatic heterocycles. The molecule has 1 atom stereocenters. The summed E-state index contributed by atoms with van der Waals surface area (Å²) in [5, 5.41) is 4.37. The first-order valence-corrected chi connectivity index (χ1v) is 10.5. The topological polar surface area (TPSA) is 72.5 Å². The molecule has 1 amide bonds. The Morgan fingerprint density at radius 2 is 2.08 bits per heavy atom. The predicted molar refractivity (Wildman–Crippen MR) is 95.0 cm³/mol. The van der Waals surface area contributed by atoms with Gasteiger partial charge in [-0.15, -0.1) is 0 Å². The standard InChI is InChI=1S/C17H20BrNO4S/c18-15-3-1-2-14(11-15)17(5-7-23-8-6-17)19-16(20)10-13-4-9-24(21,22)12-13/h1-4,9,11,13H,5-8,10,12H2,(H,19,20). The number of ether oxygens (including phenoxy) is 1. The normalized spacial score (nSPS) is 24.6. The molecule has 24 heavy (non-hydrogen) atoms. The highest BCUT2D eigenvalue weighted by atomic mass is 79.9. The van der Waals surface area contributed by atoms with Crippen molar-refractivity contribution < 1.29 is 17.9 Å². The van der Waals surface area contributed by atoms with Crippen molar-refractivity contribution in [2.45, 2.75) is 24.8 Å². The molecule has 0 bridgehead atoms. The van der Waals surface area contributed by atoms with Gasteiger partial charge in [-0.05, 0) is 30.5 Å². The summed E-state index contributed by atoms with van der Waals surface area (Å²) in [4.78, 5) is 12.5. The summed E-state index contributed by atoms with van der Waals surface area (Å²) in [7, 11) is -3.13. The quantitative estimate of drug-likeness (QED) is 0.822. The van der Waals surface area contributed by atoms with Crippen molar-refractivity contribution in [1.82, 2.24) is 5.32 Å². The van der Waals surface area contributed by atoms with E-state index in [0.29, 0.717) is 26.1 Å². The van der Waals surface area contributed by atoms with Crippen molar-refractivity contribution in [3.63, 3.8) is 0 Å². The average molecular weight is 414 g/mol. The Labute approximate surface area is 150 Å². The fraction of sp³-hybridized carbons (Fsp3) is 0.471. The molecule has 1 fully saturated rings. The van der Waals surface area contributed by atoms with E-state index in [1.165, 1.54) is 5.41 Å². The van der Waals surface area contributed by atoms with Gasteiger partial charge in [-0.2, -0.15) is 0 Å². The fourth-order valence-electron chi connectivity index (χ4n) is 3.32. The maximum atomic E-state index is 12.5. The number of rotatable bonds is 4. The molecule has 130 valence electrons. The van der Waals surface area contributed by atoms with Crippen LogP contribution in [0, 0.1) is 5.92 Å². The third-order valence-electron chi connectivity index (χ3n) is 4.55. The van der Waals surface area contributed by atoms with E-state index in [-0.39, 0.29) is 24.0 Å². The molecule has 0 saturated carbocycles. The number of carbonyl (C=O) groups excluding carboxylic acids is 1. The molecule has 0 radical (unpaired) electrons. The number of sulfone groups is 1. The summed E-state index contributed by atoms with van der Waals surface area (Å²) in [6, 6.07) is 7.93. The van der Waals surface area contributed by atoms with Crippen molar-refractivity contribution in [3.05, 3.63) is 45.8 Å². The van der Waals surface area contributed by atoms with Crippen molar-refractivity contribution in [3.8, 4) is 0 Å². The summed E-state index contributed by atoms with van der Waals surface area (Å²) in [5.41, 5.74) is 0.587. The van der Waals surface area contributed by atoms with E-state index in [1.807, 2.05) is 24.3 Å². The van der Waals surface area contributed by atoms with Gasteiger partial charge in [0.1, 0.15) is 0 Å². The van der Waals surface area contributed by atoms with Crippen LogP contribution in [0.3, 0.4) is 0 Å². The Bertz CT molecular complexity index is 754. The van der Waals surface area contributed by atoms with Crippen molar-refractivity contribution >= 4 is 31.7 Å². The van der Waals surface area contributed by atoms with Gasteiger partial charge >= 0.3 is 0 Å². The molecule has 5 nitrogen and oxygen atoms in total. The molecule has 3 rings (SSSR count). The molecule has 1 aromatic carbocycles. The minimum atomic E-state index is -3.13. The lowest BCUT2D eigenvalue weighted by molar-refractivity contribution is -0.125. The highest BCUT2D eigenvalue weighted by Crippen LogP contribution is 2.34. The van der Waals surface area contributed by atoms with Crippen LogP contribution < -0.4 is 5.32 Å². The molecule has 7 heteroatoms. The molecule has 2 heterocycles. The summed E-state index contributed by atoms with van der Waals surface area (Å²) < 4.78 is 29.4. The van der Waals surface area contributed by atoms with Gasteiger partial charge in [0, 0.05) is 35.4 Å². The van der Waals surface area contributed by atoms with Crippen LogP contribution in [-0.4, -0.2) is 33.3 Å². The SMILES string of the molecule is O=C(CC1C=CS(=O)(=O)C1)NC1(c2cccc(Br)c2)CCOCC1. The maximum absolute atomic E-state index is 12.5. The first kappa shape index (κ1) is 17.6. The number of allylic oxidation sites excluding steroid dienone is 1. The van der Waals surface area contributed by atoms with Gasteiger partial charge in [-0.1, -0.05) is 34.1 Å². The number of carbonyl (C=O) groups is 1. The molecule has 1 N–H and O–H groups in total. The van der Waals surface area contributed by atoms with Gasteiger partial charge in [0.05, 0.1) is 11.3 Å². The zero-order valence-corrected chi connectivity index (χ0v) is 15.6. The third kappa shape index (κ3) is 4.07. The molecular formula is C17H20BrNO4S. The molecule has 1 saturated heterocycles. The van der Waals surface area contributed by atoms with Crippen LogP contribution >= 0.6 is 15.9 Å². The number of amides is 1. The van der Waals surface area contributed by atoms with Crippen molar-refractivity contribution in [2.24, 2.45) is 5.92 Å². The van der Waals surface area contributed by atoms with Crippen LogP contribution in [0.1, 0.15) is 24.8 Å². The number of hydrogen-bond donors (Lipinski definition) is 1. The smallest absolute Gasteiger partial charge is 0.221 e. The van der Waals surface area contributed by atoms with E-state index < -0.39 is 15.4 Å². The molecule has 2 aliphatic rings. The first-order valence-electron chi connectivity index (χ1n) is 7.94. The van der Waals surface area contributed by atoms with Crippen LogP contribution in [0.5, 0.6) is 0 Å². The van der Waals surface area contributed by atoms with E-state index in [9.17, 15) is 13.2 Å². The lowest BCUT2D eigenvalue weighted by Crippen LogP contribution is -2.49. The Kier molecular flexibility index (Phi) is 5.13. The number of benzene rings is 1. The Morgan fingerprint density at radius 3 is 2.71 bits per heavy atom. The van der Waals surface area contributed by atoms with Crippen LogP contribution in [-0.2, 0) is 24.9 Å². The van der Waals surface area contributed by atoms with E-state index in [1.54, 1.807) is 6.08 Å². The van der Waals surface area contributed by atoms with Gasteiger partial charge in [-0.3, -0.25) is 4.79 Å². The van der Waals surface area contributed by atoms with E-state index in [2.05, 4.69) is 21.2 Å². The lowest BCUT2D eigenvalue weighted by atomic mass is 9.82. The maximum Gasteiger partial charge on any atom is 0.221 e. The lowest BCUT2D eigenvalue weighted by Gasteiger charge is -2.39. The van der Waals surface area contributed by atoms with E-state index in [0.717, 1.165) is 10.0 Å². The number of hydrogen-bond acceptors (Lipinski definition) is 4. The second kappa shape index (κ2) is 6.98. The number of halogens is 1. The minimum absolute atomic E-state index is 0.0212. The summed E-state index contributed by atoms with van der Waals surface area (Å²) in [6.45, 7) is 1.18. The van der Waals surface area contributed by atoms with Crippen LogP contribution in [0.25, 0.3) is 0 Å². The third-order valence-corrected chi connectivity index (χ3v) is 6.51. The second-order valence-corrected chi connectivity index (χ2v) is 9.22. The second-order valence-electron chi connectivity index (χ2n) is 6.38. The zero-order valence-electron chi connectivity index (χ0n) is 13.2. The van der Waals surface area contributed by atoms with Gasteiger partial charge in [0.2, 0.25) is 5.91 Å². The number of nitrogens with one attached hydrogen (secondary N) is 1. The van der Waals surface area contributed by atoms with Gasteiger partial charge < -0.3 is 10.1 Å². The van der Waals surface area contributed by atoms with E-state index >= 15 is 0 Å². The van der Waals surface area contributed by atoms with Gasteiger partial charge in [0.25, 0.3) is 0 Å². The zero-order chi connectivity index (χ0) is 17.2. The van der Waals surface area contributed by atoms with Crippen LogP contribution in [0.15, 0.2) is 40.2 Å². The van der Waals surface area contributed by atoms with Crippen LogP contribution in [0.2, 0.25) is 0 Å². The van der Waals surface area contributed by atoms with Crippen LogP contribution in [0.4, 0.5) is 0 Å². The van der Waals surface area contributed by atoms with Crippen molar-refractivity contribution in [2.75, 3.05) is 19.0 Å². The summed E-state index contributed by atoms with van der Waals surface area (Å²) in [5.74, 6) is -0.342. The highest BCUT2D eigenvalue weighted by Gasteiger charge is 2.36. The first-order chi connectivity index (χ1) is 11.4. The molecule has 1 unspecified atom stereocenters. The molecule has 0 spiro atoms.